The molecule has 0 unspecified atom stereocenters. The minimum Gasteiger partial charge on any atom is -0.453 e. The van der Waals surface area contributed by atoms with Crippen LogP contribution in [0, 0.1) is 0 Å². The van der Waals surface area contributed by atoms with Gasteiger partial charge in [-0.05, 0) is 23.1 Å². The predicted octanol–water partition coefficient (Wildman–Crippen LogP) is 4.74. The van der Waals surface area contributed by atoms with Crippen LogP contribution >= 0.6 is 0 Å². The molecule has 1 heterocycles. The Kier molecular flexibility index (Phi) is 2.82. The monoisotopic (exact) mass is 303 g/mol. The predicted molar refractivity (Wildman–Crippen MR) is 93.1 cm³/mol. The van der Waals surface area contributed by atoms with Gasteiger partial charge in [0, 0.05) is 16.8 Å². The topological polar surface area (TPSA) is 43.1 Å². The normalized spacial score (nSPS) is 12.3. The van der Waals surface area contributed by atoms with Gasteiger partial charge >= 0.3 is 0 Å². The van der Waals surface area contributed by atoms with E-state index in [1.54, 1.807) is 0 Å². The fourth-order valence-electron chi connectivity index (χ4n) is 2.89. The molecule has 0 spiro atoms. The van der Waals surface area contributed by atoms with E-state index in [9.17, 15) is 4.79 Å². The molecule has 0 bridgehead atoms. The van der Waals surface area contributed by atoms with Crippen LogP contribution in [0.25, 0.3) is 33.3 Å². The highest BCUT2D eigenvalue weighted by molar-refractivity contribution is 5.96. The van der Waals surface area contributed by atoms with Gasteiger partial charge in [-0.1, -0.05) is 51.1 Å². The summed E-state index contributed by atoms with van der Waals surface area (Å²) in [5.74, 6) is 0.534. The van der Waals surface area contributed by atoms with Crippen LogP contribution in [0.5, 0.6) is 0 Å². The average molecular weight is 303 g/mol. The summed E-state index contributed by atoms with van der Waals surface area (Å²) in [6.45, 7) is 6.48. The van der Waals surface area contributed by atoms with Crippen molar-refractivity contribution in [3.05, 3.63) is 64.3 Å². The molecule has 0 N–H and O–H groups in total. The molecule has 0 amide bonds. The maximum atomic E-state index is 12.3. The first-order chi connectivity index (χ1) is 10.9. The molecule has 114 valence electrons. The van der Waals surface area contributed by atoms with Crippen molar-refractivity contribution in [1.29, 1.82) is 0 Å². The molecular formula is C20H17NO2. The number of nitrogens with zero attached hydrogens (tertiary/aromatic N) is 1. The quantitative estimate of drug-likeness (QED) is 0.348. The lowest BCUT2D eigenvalue weighted by atomic mass is 9.87. The molecule has 0 aromatic heterocycles. The number of aromatic nitrogens is 1. The van der Waals surface area contributed by atoms with E-state index >= 15 is 0 Å². The third-order valence-electron chi connectivity index (χ3n) is 4.22. The van der Waals surface area contributed by atoms with Crippen LogP contribution in [0.15, 0.2) is 57.7 Å². The zero-order chi connectivity index (χ0) is 16.2. The first-order valence-corrected chi connectivity index (χ1v) is 7.70. The Morgan fingerprint density at radius 1 is 0.957 bits per heavy atom. The molecule has 23 heavy (non-hydrogen) atoms. The molecule has 0 radical (unpaired) electrons. The van der Waals surface area contributed by atoms with Crippen LogP contribution in [0.1, 0.15) is 26.3 Å². The Hall–Kier alpha value is -2.68. The maximum Gasteiger partial charge on any atom is 0.190 e. The third kappa shape index (κ3) is 2.20. The van der Waals surface area contributed by atoms with E-state index in [-0.39, 0.29) is 10.8 Å². The molecule has 1 aliphatic heterocycles. The van der Waals surface area contributed by atoms with Gasteiger partial charge in [0.05, 0.1) is 0 Å². The van der Waals surface area contributed by atoms with Gasteiger partial charge in [0.25, 0.3) is 0 Å². The Labute approximate surface area is 133 Å². The summed E-state index contributed by atoms with van der Waals surface area (Å²) in [6.07, 6.45) is 0. The molecule has 1 aliphatic carbocycles. The number of fused-ring (bicyclic) bond motifs is 4. The van der Waals surface area contributed by atoms with Crippen LogP contribution in [0.2, 0.25) is 0 Å². The summed E-state index contributed by atoms with van der Waals surface area (Å²) in [6, 6.07) is 15.1. The summed E-state index contributed by atoms with van der Waals surface area (Å²) < 4.78 is 6.01. The summed E-state index contributed by atoms with van der Waals surface area (Å²) in [7, 11) is 0. The molecule has 0 atom stereocenters. The lowest BCUT2D eigenvalue weighted by molar-refractivity contribution is 0.581. The van der Waals surface area contributed by atoms with E-state index < -0.39 is 0 Å². The Balaban J connectivity index is 2.11. The van der Waals surface area contributed by atoms with Crippen molar-refractivity contribution in [2.45, 2.75) is 26.2 Å². The van der Waals surface area contributed by atoms with Gasteiger partial charge in [0.2, 0.25) is 0 Å². The van der Waals surface area contributed by atoms with Crippen LogP contribution in [-0.4, -0.2) is 4.98 Å². The average Bonchev–Trinajstić information content (AvgIpc) is 2.52. The number of rotatable bonds is 0. The van der Waals surface area contributed by atoms with Crippen LogP contribution in [0.4, 0.5) is 0 Å². The highest BCUT2D eigenvalue weighted by Crippen LogP contribution is 2.32. The highest BCUT2D eigenvalue weighted by atomic mass is 16.3. The Morgan fingerprint density at radius 3 is 2.43 bits per heavy atom. The lowest BCUT2D eigenvalue weighted by Crippen LogP contribution is -2.10. The smallest absolute Gasteiger partial charge is 0.190 e. The molecule has 2 aliphatic rings. The van der Waals surface area contributed by atoms with Crippen molar-refractivity contribution in [3.63, 3.8) is 0 Å². The summed E-state index contributed by atoms with van der Waals surface area (Å²) in [5, 5.41) is 1.51. The first-order valence-electron chi connectivity index (χ1n) is 7.70. The van der Waals surface area contributed by atoms with Gasteiger partial charge in [-0.25, -0.2) is 4.98 Å². The van der Waals surface area contributed by atoms with Crippen molar-refractivity contribution >= 4 is 21.9 Å². The Bertz CT molecular complexity index is 1070. The molecule has 4 rings (SSSR count). The number of hydrogen-bond acceptors (Lipinski definition) is 3. The van der Waals surface area contributed by atoms with Gasteiger partial charge in [-0.3, -0.25) is 4.79 Å². The fourth-order valence-corrected chi connectivity index (χ4v) is 2.89. The third-order valence-corrected chi connectivity index (χ3v) is 4.22. The molecule has 0 saturated carbocycles. The number of hydrogen-bond donors (Lipinski definition) is 0. The van der Waals surface area contributed by atoms with Gasteiger partial charge in [-0.2, -0.15) is 0 Å². The van der Waals surface area contributed by atoms with E-state index in [0.29, 0.717) is 16.7 Å². The second-order valence-corrected chi connectivity index (χ2v) is 6.91. The molecule has 2 aromatic carbocycles. The largest absolute Gasteiger partial charge is 0.453 e. The zero-order valence-corrected chi connectivity index (χ0v) is 13.4. The zero-order valence-electron chi connectivity index (χ0n) is 13.4. The van der Waals surface area contributed by atoms with Crippen molar-refractivity contribution in [3.8, 4) is 11.5 Å². The summed E-state index contributed by atoms with van der Waals surface area (Å²) in [4.78, 5) is 17.0. The fraction of sp³-hybridized carbons (Fsp3) is 0.200. The van der Waals surface area contributed by atoms with Gasteiger partial charge in [-0.15, -0.1) is 0 Å². The first kappa shape index (κ1) is 13.9. The molecule has 0 fully saturated rings. The molecule has 2 aromatic rings. The SMILES string of the molecule is CC(C)(C)c1ccc2nc3c4ccccc4c(=O)cc-3oc2c1. The Morgan fingerprint density at radius 2 is 1.70 bits per heavy atom. The van der Waals surface area contributed by atoms with E-state index in [1.165, 1.54) is 11.6 Å². The van der Waals surface area contributed by atoms with Crippen molar-refractivity contribution in [1.82, 2.24) is 4.98 Å². The van der Waals surface area contributed by atoms with Crippen LogP contribution in [-0.2, 0) is 5.41 Å². The van der Waals surface area contributed by atoms with Crippen molar-refractivity contribution in [2.75, 3.05) is 0 Å². The number of benzene rings is 3. The van der Waals surface area contributed by atoms with E-state index in [0.717, 1.165) is 16.6 Å². The van der Waals surface area contributed by atoms with Gasteiger partial charge < -0.3 is 4.42 Å². The van der Waals surface area contributed by atoms with Crippen molar-refractivity contribution in [2.24, 2.45) is 0 Å². The molecule has 0 saturated heterocycles. The van der Waals surface area contributed by atoms with Gasteiger partial charge in [0.15, 0.2) is 16.8 Å². The highest BCUT2D eigenvalue weighted by Gasteiger charge is 2.18. The summed E-state index contributed by atoms with van der Waals surface area (Å²) >= 11 is 0. The van der Waals surface area contributed by atoms with Crippen LogP contribution in [0.3, 0.4) is 0 Å². The van der Waals surface area contributed by atoms with E-state index in [4.69, 9.17) is 9.40 Å². The second-order valence-electron chi connectivity index (χ2n) is 6.91. The minimum atomic E-state index is -0.0371. The second kappa shape index (κ2) is 4.66. The van der Waals surface area contributed by atoms with Gasteiger partial charge in [0.1, 0.15) is 11.2 Å². The van der Waals surface area contributed by atoms with E-state index in [2.05, 4.69) is 26.8 Å². The summed E-state index contributed by atoms with van der Waals surface area (Å²) in [5.41, 5.74) is 3.42. The standard InChI is InChI=1S/C20H17NO2/c1-20(2,3)12-8-9-15-17(10-12)23-18-11-16(22)13-6-4-5-7-14(13)19(18)21-15/h4-11H,1-3H3. The lowest BCUT2D eigenvalue weighted by Gasteiger charge is -2.19. The van der Waals surface area contributed by atoms with Crippen molar-refractivity contribution < 1.29 is 4.42 Å². The molecular weight excluding hydrogens is 286 g/mol. The molecule has 3 nitrogen and oxygen atoms in total. The maximum absolute atomic E-state index is 12.3. The van der Waals surface area contributed by atoms with Crippen LogP contribution < -0.4 is 5.43 Å². The van der Waals surface area contributed by atoms with E-state index in [1.807, 2.05) is 36.4 Å². The minimum absolute atomic E-state index is 0.0335. The molecule has 3 heteroatoms.